The molecule has 0 amide bonds. The normalized spacial score (nSPS) is 22.2. The highest BCUT2D eigenvalue weighted by Gasteiger charge is 2.36. The van der Waals surface area contributed by atoms with Crippen molar-refractivity contribution in [2.45, 2.75) is 30.7 Å². The average molecular weight is 285 g/mol. The summed E-state index contributed by atoms with van der Waals surface area (Å²) in [5.74, 6) is 1.03. The van der Waals surface area contributed by atoms with Gasteiger partial charge in [-0.1, -0.05) is 6.92 Å². The zero-order valence-corrected chi connectivity index (χ0v) is 11.7. The van der Waals surface area contributed by atoms with Gasteiger partial charge in [0.05, 0.1) is 11.5 Å². The van der Waals surface area contributed by atoms with Crippen LogP contribution in [0.5, 0.6) is 5.75 Å². The molecule has 2 atom stereocenters. The summed E-state index contributed by atoms with van der Waals surface area (Å²) in [6.07, 6.45) is 1.46. The fraction of sp³-hybridized carbons (Fsp3) is 0.538. The number of benzene rings is 1. The molecule has 106 valence electrons. The summed E-state index contributed by atoms with van der Waals surface area (Å²) >= 11 is 0. The Morgan fingerprint density at radius 1 is 1.37 bits per heavy atom. The maximum atomic E-state index is 12.0. The molecule has 1 fully saturated rings. The van der Waals surface area contributed by atoms with Gasteiger partial charge in [-0.2, -0.15) is 0 Å². The van der Waals surface area contributed by atoms with Crippen LogP contribution in [0.25, 0.3) is 0 Å². The first-order valence-corrected chi connectivity index (χ1v) is 7.87. The number of aliphatic hydroxyl groups excluding tert-OH is 1. The Balaban J connectivity index is 1.97. The highest BCUT2D eigenvalue weighted by molar-refractivity contribution is 7.89. The second kappa shape index (κ2) is 5.90. The maximum Gasteiger partial charge on any atom is 0.240 e. The molecule has 1 saturated carbocycles. The number of sulfonamides is 1. The first kappa shape index (κ1) is 14.3. The van der Waals surface area contributed by atoms with Crippen LogP contribution in [-0.2, 0) is 10.0 Å². The molecule has 6 heteroatoms. The van der Waals surface area contributed by atoms with Gasteiger partial charge in [0.2, 0.25) is 10.0 Å². The molecule has 0 spiro atoms. The van der Waals surface area contributed by atoms with Crippen LogP contribution in [0.2, 0.25) is 0 Å². The molecule has 0 heterocycles. The standard InChI is InChI=1S/C13H19NO4S/c1-10-9-13(10)14-19(16,17)12-5-3-11(4-6-12)18-8-2-7-15/h3-6,10,13-15H,2,7-9H2,1H3. The van der Waals surface area contributed by atoms with Crippen LogP contribution < -0.4 is 9.46 Å². The van der Waals surface area contributed by atoms with Crippen LogP contribution in [-0.4, -0.2) is 32.8 Å². The minimum absolute atomic E-state index is 0.0745. The van der Waals surface area contributed by atoms with Gasteiger partial charge in [-0.3, -0.25) is 0 Å². The number of nitrogens with one attached hydrogen (secondary N) is 1. The SMILES string of the molecule is CC1CC1NS(=O)(=O)c1ccc(OCCCO)cc1. The zero-order chi connectivity index (χ0) is 13.9. The van der Waals surface area contributed by atoms with E-state index in [1.54, 1.807) is 12.1 Å². The van der Waals surface area contributed by atoms with E-state index in [2.05, 4.69) is 4.72 Å². The van der Waals surface area contributed by atoms with E-state index in [4.69, 9.17) is 9.84 Å². The molecule has 2 rings (SSSR count). The van der Waals surface area contributed by atoms with E-state index in [-0.39, 0.29) is 17.5 Å². The van der Waals surface area contributed by atoms with E-state index in [1.165, 1.54) is 12.1 Å². The average Bonchev–Trinajstić information content (AvgIpc) is 3.05. The third-order valence-electron chi connectivity index (χ3n) is 3.12. The number of hydrogen-bond acceptors (Lipinski definition) is 4. The van der Waals surface area contributed by atoms with Crippen molar-refractivity contribution < 1.29 is 18.3 Å². The van der Waals surface area contributed by atoms with Crippen LogP contribution >= 0.6 is 0 Å². The van der Waals surface area contributed by atoms with Crippen LogP contribution in [0.1, 0.15) is 19.8 Å². The predicted molar refractivity (Wildman–Crippen MR) is 71.5 cm³/mol. The number of hydrogen-bond donors (Lipinski definition) is 2. The van der Waals surface area contributed by atoms with Gasteiger partial charge in [-0.05, 0) is 36.6 Å². The Kier molecular flexibility index (Phi) is 4.44. The summed E-state index contributed by atoms with van der Waals surface area (Å²) in [5.41, 5.74) is 0. The fourth-order valence-corrected chi connectivity index (χ4v) is 3.08. The summed E-state index contributed by atoms with van der Waals surface area (Å²) < 4.78 is 32.0. The van der Waals surface area contributed by atoms with Crippen molar-refractivity contribution >= 4 is 10.0 Å². The summed E-state index contributed by atoms with van der Waals surface area (Å²) in [6.45, 7) is 2.52. The first-order chi connectivity index (χ1) is 9.03. The van der Waals surface area contributed by atoms with Crippen LogP contribution in [0.3, 0.4) is 0 Å². The maximum absolute atomic E-state index is 12.0. The van der Waals surface area contributed by atoms with E-state index in [0.717, 1.165) is 6.42 Å². The van der Waals surface area contributed by atoms with E-state index in [0.29, 0.717) is 24.7 Å². The largest absolute Gasteiger partial charge is 0.494 e. The Hall–Kier alpha value is -1.11. The molecule has 1 aliphatic rings. The minimum Gasteiger partial charge on any atom is -0.494 e. The van der Waals surface area contributed by atoms with Crippen LogP contribution in [0.4, 0.5) is 0 Å². The van der Waals surface area contributed by atoms with Gasteiger partial charge in [0.1, 0.15) is 5.75 Å². The second-order valence-electron chi connectivity index (χ2n) is 4.84. The number of rotatable bonds is 7. The van der Waals surface area contributed by atoms with Gasteiger partial charge in [0.25, 0.3) is 0 Å². The van der Waals surface area contributed by atoms with Crippen molar-refractivity contribution in [3.05, 3.63) is 24.3 Å². The molecule has 0 saturated heterocycles. The van der Waals surface area contributed by atoms with Crippen molar-refractivity contribution in [2.24, 2.45) is 5.92 Å². The zero-order valence-electron chi connectivity index (χ0n) is 10.9. The van der Waals surface area contributed by atoms with Gasteiger partial charge in [-0.15, -0.1) is 0 Å². The van der Waals surface area contributed by atoms with Crippen molar-refractivity contribution in [1.29, 1.82) is 0 Å². The molecule has 19 heavy (non-hydrogen) atoms. The molecule has 0 bridgehead atoms. The third-order valence-corrected chi connectivity index (χ3v) is 4.63. The summed E-state index contributed by atoms with van der Waals surface area (Å²) in [6, 6.07) is 6.39. The quantitative estimate of drug-likeness (QED) is 0.737. The lowest BCUT2D eigenvalue weighted by Crippen LogP contribution is -2.26. The lowest BCUT2D eigenvalue weighted by atomic mass is 10.3. The van der Waals surface area contributed by atoms with Gasteiger partial charge < -0.3 is 9.84 Å². The number of ether oxygens (including phenoxy) is 1. The Labute approximate surface area is 113 Å². The van der Waals surface area contributed by atoms with Crippen molar-refractivity contribution in [1.82, 2.24) is 4.72 Å². The van der Waals surface area contributed by atoms with E-state index in [1.807, 2.05) is 6.92 Å². The van der Waals surface area contributed by atoms with Gasteiger partial charge >= 0.3 is 0 Å². The summed E-state index contributed by atoms with van der Waals surface area (Å²) in [7, 11) is -3.42. The minimum atomic E-state index is -3.42. The Morgan fingerprint density at radius 3 is 2.53 bits per heavy atom. The van der Waals surface area contributed by atoms with Crippen molar-refractivity contribution in [2.75, 3.05) is 13.2 Å². The molecule has 1 aromatic rings. The topological polar surface area (TPSA) is 75.6 Å². The smallest absolute Gasteiger partial charge is 0.240 e. The monoisotopic (exact) mass is 285 g/mol. The van der Waals surface area contributed by atoms with Crippen molar-refractivity contribution in [3.63, 3.8) is 0 Å². The molecule has 2 unspecified atom stereocenters. The number of aliphatic hydroxyl groups is 1. The second-order valence-corrected chi connectivity index (χ2v) is 6.55. The summed E-state index contributed by atoms with van der Waals surface area (Å²) in [4.78, 5) is 0.251. The van der Waals surface area contributed by atoms with Crippen LogP contribution in [0, 0.1) is 5.92 Å². The van der Waals surface area contributed by atoms with E-state index in [9.17, 15) is 8.42 Å². The molecule has 2 N–H and O–H groups in total. The molecular formula is C13H19NO4S. The third kappa shape index (κ3) is 3.92. The molecular weight excluding hydrogens is 266 g/mol. The van der Waals surface area contributed by atoms with Gasteiger partial charge in [-0.25, -0.2) is 13.1 Å². The highest BCUT2D eigenvalue weighted by Crippen LogP contribution is 2.30. The van der Waals surface area contributed by atoms with E-state index >= 15 is 0 Å². The predicted octanol–water partition coefficient (Wildman–Crippen LogP) is 1.13. The molecule has 1 aliphatic carbocycles. The molecule has 0 radical (unpaired) electrons. The lowest BCUT2D eigenvalue weighted by Gasteiger charge is -2.08. The lowest BCUT2D eigenvalue weighted by molar-refractivity contribution is 0.233. The Morgan fingerprint density at radius 2 is 2.00 bits per heavy atom. The molecule has 1 aromatic carbocycles. The molecule has 0 aliphatic heterocycles. The highest BCUT2D eigenvalue weighted by atomic mass is 32.2. The van der Waals surface area contributed by atoms with Crippen molar-refractivity contribution in [3.8, 4) is 5.75 Å². The molecule has 5 nitrogen and oxygen atoms in total. The van der Waals surface area contributed by atoms with Gasteiger partial charge in [0.15, 0.2) is 0 Å². The van der Waals surface area contributed by atoms with Crippen LogP contribution in [0.15, 0.2) is 29.2 Å². The summed E-state index contributed by atoms with van der Waals surface area (Å²) in [5, 5.41) is 8.64. The molecule has 0 aromatic heterocycles. The van der Waals surface area contributed by atoms with Gasteiger partial charge in [0, 0.05) is 19.1 Å². The van der Waals surface area contributed by atoms with E-state index < -0.39 is 10.0 Å². The Bertz CT molecular complexity index is 512. The first-order valence-electron chi connectivity index (χ1n) is 6.39. The fourth-order valence-electron chi connectivity index (χ4n) is 1.72.